The van der Waals surface area contributed by atoms with E-state index in [0.29, 0.717) is 48.0 Å². The minimum Gasteiger partial charge on any atom is -0.497 e. The van der Waals surface area contributed by atoms with Crippen LogP contribution in [0, 0.1) is 17.7 Å². The van der Waals surface area contributed by atoms with Crippen molar-refractivity contribution in [3.05, 3.63) is 59.4 Å². The molecule has 2 aromatic carbocycles. The van der Waals surface area contributed by atoms with Crippen molar-refractivity contribution in [2.75, 3.05) is 20.4 Å². The lowest BCUT2D eigenvalue weighted by Crippen LogP contribution is -2.28. The van der Waals surface area contributed by atoms with Crippen LogP contribution in [0.2, 0.25) is 0 Å². The van der Waals surface area contributed by atoms with Gasteiger partial charge in [-0.25, -0.2) is 4.39 Å². The summed E-state index contributed by atoms with van der Waals surface area (Å²) in [5, 5.41) is 0. The van der Waals surface area contributed by atoms with Crippen LogP contribution in [-0.2, 0) is 4.57 Å². The van der Waals surface area contributed by atoms with E-state index in [4.69, 9.17) is 9.47 Å². The highest BCUT2D eigenvalue weighted by atomic mass is 31.2. The molecule has 0 radical (unpaired) electrons. The predicted molar refractivity (Wildman–Crippen MR) is 126 cm³/mol. The molecule has 186 valence electrons. The highest BCUT2D eigenvalue weighted by Crippen LogP contribution is 2.65. The van der Waals surface area contributed by atoms with Gasteiger partial charge in [-0.3, -0.25) is 4.57 Å². The van der Waals surface area contributed by atoms with Gasteiger partial charge < -0.3 is 14.4 Å². The number of alkyl halides is 2. The molecule has 2 unspecified atom stereocenters. The summed E-state index contributed by atoms with van der Waals surface area (Å²) < 4.78 is 67.1. The van der Waals surface area contributed by atoms with Crippen LogP contribution >= 0.6 is 7.37 Å². The van der Waals surface area contributed by atoms with Crippen molar-refractivity contribution < 1.29 is 32.1 Å². The number of hydrogen-bond acceptors (Lipinski definition) is 3. The minimum absolute atomic E-state index is 0.138. The number of rotatable bonds is 9. The van der Waals surface area contributed by atoms with Gasteiger partial charge in [0.25, 0.3) is 7.37 Å². The van der Waals surface area contributed by atoms with Gasteiger partial charge in [-0.05, 0) is 97.7 Å². The number of ether oxygens (including phenoxy) is 2. The lowest BCUT2D eigenvalue weighted by Gasteiger charge is -2.30. The Morgan fingerprint density at radius 2 is 1.76 bits per heavy atom. The molecule has 0 saturated heterocycles. The monoisotopic (exact) mass is 496 g/mol. The summed E-state index contributed by atoms with van der Waals surface area (Å²) in [6, 6.07) is 11.4. The molecule has 0 heterocycles. The van der Waals surface area contributed by atoms with E-state index in [-0.39, 0.29) is 17.7 Å². The number of methoxy groups -OCH3 is 1. The van der Waals surface area contributed by atoms with Crippen LogP contribution in [0.1, 0.15) is 61.5 Å². The van der Waals surface area contributed by atoms with Crippen LogP contribution in [-0.4, -0.2) is 30.9 Å². The molecule has 2 fully saturated rings. The summed E-state index contributed by atoms with van der Waals surface area (Å²) >= 11 is 0. The molecule has 2 aliphatic rings. The van der Waals surface area contributed by atoms with Crippen LogP contribution < -0.4 is 9.47 Å². The minimum atomic E-state index is -4.61. The first-order valence-electron chi connectivity index (χ1n) is 11.8. The van der Waals surface area contributed by atoms with Gasteiger partial charge in [0, 0.05) is 6.66 Å². The predicted octanol–water partition coefficient (Wildman–Crippen LogP) is 7.17. The second kappa shape index (κ2) is 9.94. The summed E-state index contributed by atoms with van der Waals surface area (Å²) in [6.45, 7) is 1.18. The van der Waals surface area contributed by atoms with Gasteiger partial charge in [0.2, 0.25) is 0 Å². The molecule has 0 aliphatic heterocycles. The smallest absolute Gasteiger partial charge is 0.328 e. The van der Waals surface area contributed by atoms with Crippen LogP contribution in [0.15, 0.2) is 42.5 Å². The molecular formula is C26H32F3O4P. The van der Waals surface area contributed by atoms with Crippen molar-refractivity contribution in [2.24, 2.45) is 11.8 Å². The largest absolute Gasteiger partial charge is 0.497 e. The highest BCUT2D eigenvalue weighted by Gasteiger charge is 2.57. The van der Waals surface area contributed by atoms with E-state index in [9.17, 15) is 22.6 Å². The summed E-state index contributed by atoms with van der Waals surface area (Å²) in [6.07, 6.45) is 4.71. The van der Waals surface area contributed by atoms with Gasteiger partial charge in [-0.2, -0.15) is 8.78 Å². The van der Waals surface area contributed by atoms with E-state index in [2.05, 4.69) is 0 Å². The van der Waals surface area contributed by atoms with E-state index >= 15 is 0 Å². The van der Waals surface area contributed by atoms with Crippen molar-refractivity contribution >= 4 is 7.37 Å². The molecule has 0 aromatic heterocycles. The summed E-state index contributed by atoms with van der Waals surface area (Å²) in [4.78, 5) is 9.69. The van der Waals surface area contributed by atoms with Crippen LogP contribution in [0.3, 0.4) is 0 Å². The molecule has 0 amide bonds. The summed E-state index contributed by atoms with van der Waals surface area (Å²) in [5.41, 5.74) is -2.64. The molecule has 2 aliphatic carbocycles. The zero-order valence-electron chi connectivity index (χ0n) is 19.6. The first-order valence-corrected chi connectivity index (χ1v) is 13.9. The summed E-state index contributed by atoms with van der Waals surface area (Å²) in [7, 11) is -3.04. The maximum Gasteiger partial charge on any atom is 0.328 e. The Kier molecular flexibility index (Phi) is 7.35. The Bertz CT molecular complexity index is 1040. The topological polar surface area (TPSA) is 55.8 Å². The number of hydrogen-bond donors (Lipinski definition) is 1. The van der Waals surface area contributed by atoms with E-state index in [1.54, 1.807) is 43.5 Å². The summed E-state index contributed by atoms with van der Waals surface area (Å²) in [5.74, 6) is -0.218. The standard InChI is InChI=1S/C26H32F3O4P/c1-32-21-12-13-24(27)23(15-21)18-8-6-17(7-9-18)16-33-22-5-3-4-20(14-22)25(19-10-11-19)26(28,29)34(2,30)31/h3-5,12-15,17-19,25H,6-11,16H2,1-2H3,(H,30,31)/t17-,18-,25?. The molecular weight excluding hydrogens is 464 g/mol. The van der Waals surface area contributed by atoms with Crippen molar-refractivity contribution in [1.82, 2.24) is 0 Å². The molecule has 0 spiro atoms. The third-order valence-electron chi connectivity index (χ3n) is 7.21. The van der Waals surface area contributed by atoms with E-state index in [1.807, 2.05) is 0 Å². The molecule has 4 nitrogen and oxygen atoms in total. The van der Waals surface area contributed by atoms with Crippen molar-refractivity contribution in [3.63, 3.8) is 0 Å². The fourth-order valence-electron chi connectivity index (χ4n) is 5.06. The average Bonchev–Trinajstić information content (AvgIpc) is 3.63. The molecule has 2 aromatic rings. The van der Waals surface area contributed by atoms with E-state index in [0.717, 1.165) is 32.3 Å². The lowest BCUT2D eigenvalue weighted by atomic mass is 9.79. The average molecular weight is 497 g/mol. The SMILES string of the molecule is COc1ccc(F)c([C@H]2CC[C@H](COc3cccc(C(C4CC4)C(F)(F)P(C)(=O)O)c3)CC2)c1. The molecule has 0 bridgehead atoms. The van der Waals surface area contributed by atoms with Crippen molar-refractivity contribution in [2.45, 2.75) is 56.0 Å². The maximum atomic E-state index is 14.8. The van der Waals surface area contributed by atoms with Gasteiger partial charge >= 0.3 is 5.66 Å². The Balaban J connectivity index is 1.37. The van der Waals surface area contributed by atoms with Crippen molar-refractivity contribution in [1.29, 1.82) is 0 Å². The Morgan fingerprint density at radius 1 is 1.06 bits per heavy atom. The highest BCUT2D eigenvalue weighted by molar-refractivity contribution is 7.58. The van der Waals surface area contributed by atoms with Gasteiger partial charge in [0.1, 0.15) is 17.3 Å². The Labute approximate surface area is 198 Å². The van der Waals surface area contributed by atoms with Crippen LogP contribution in [0.25, 0.3) is 0 Å². The second-order valence-electron chi connectivity index (χ2n) is 9.77. The lowest BCUT2D eigenvalue weighted by molar-refractivity contribution is 0.0388. The zero-order chi connectivity index (χ0) is 24.5. The normalized spacial score (nSPS) is 23.7. The Morgan fingerprint density at radius 3 is 2.38 bits per heavy atom. The van der Waals surface area contributed by atoms with Crippen LogP contribution in [0.5, 0.6) is 11.5 Å². The fraction of sp³-hybridized carbons (Fsp3) is 0.538. The molecule has 34 heavy (non-hydrogen) atoms. The zero-order valence-corrected chi connectivity index (χ0v) is 20.4. The van der Waals surface area contributed by atoms with Gasteiger partial charge in [-0.15, -0.1) is 0 Å². The number of halogens is 3. The van der Waals surface area contributed by atoms with E-state index < -0.39 is 19.0 Å². The molecule has 2 atom stereocenters. The first-order chi connectivity index (χ1) is 16.1. The number of benzene rings is 2. The van der Waals surface area contributed by atoms with Crippen LogP contribution in [0.4, 0.5) is 13.2 Å². The van der Waals surface area contributed by atoms with Gasteiger partial charge in [0.05, 0.1) is 19.6 Å². The van der Waals surface area contributed by atoms with Crippen molar-refractivity contribution in [3.8, 4) is 11.5 Å². The first kappa shape index (κ1) is 25.1. The molecule has 4 rings (SSSR count). The fourth-order valence-corrected chi connectivity index (χ4v) is 5.93. The maximum absolute atomic E-state index is 14.8. The third-order valence-corrected chi connectivity index (χ3v) is 8.60. The second-order valence-corrected chi connectivity index (χ2v) is 12.1. The molecule has 1 N–H and O–H groups in total. The van der Waals surface area contributed by atoms with Gasteiger partial charge in [0.15, 0.2) is 0 Å². The molecule has 8 heteroatoms. The molecule has 2 saturated carbocycles. The van der Waals surface area contributed by atoms with Gasteiger partial charge in [-0.1, -0.05) is 12.1 Å². The third kappa shape index (κ3) is 5.46. The quantitative estimate of drug-likeness (QED) is 0.374. The van der Waals surface area contributed by atoms with E-state index in [1.165, 1.54) is 6.07 Å². The Hall–Kier alpha value is -1.98.